The molecule has 0 bridgehead atoms. The molecule has 1 atom stereocenters. The van der Waals surface area contributed by atoms with Gasteiger partial charge in [-0.25, -0.2) is 0 Å². The van der Waals surface area contributed by atoms with E-state index < -0.39 is 0 Å². The van der Waals surface area contributed by atoms with E-state index in [4.69, 9.17) is 9.47 Å². The maximum Gasteiger partial charge on any atom is 0.161 e. The minimum Gasteiger partial charge on any atom is -0.486 e. The number of benzene rings is 1. The summed E-state index contributed by atoms with van der Waals surface area (Å²) < 4.78 is 11.2. The lowest BCUT2D eigenvalue weighted by Gasteiger charge is -2.20. The fourth-order valence-corrected chi connectivity index (χ4v) is 2.63. The Morgan fingerprint density at radius 3 is 2.60 bits per heavy atom. The fourth-order valence-electron chi connectivity index (χ4n) is 2.63. The van der Waals surface area contributed by atoms with E-state index in [1.807, 2.05) is 6.07 Å². The van der Waals surface area contributed by atoms with E-state index >= 15 is 0 Å². The molecule has 0 radical (unpaired) electrons. The quantitative estimate of drug-likeness (QED) is 0.788. The molecule has 1 aromatic rings. The molecule has 0 spiro atoms. The van der Waals surface area contributed by atoms with Gasteiger partial charge in [0.15, 0.2) is 11.5 Å². The predicted octanol–water partition coefficient (Wildman–Crippen LogP) is 3.56. The Labute approximate surface area is 122 Å². The van der Waals surface area contributed by atoms with E-state index in [-0.39, 0.29) is 0 Å². The molecule has 0 aromatic heterocycles. The summed E-state index contributed by atoms with van der Waals surface area (Å²) in [5.74, 6) is 1.79. The molecule has 0 saturated carbocycles. The van der Waals surface area contributed by atoms with E-state index in [2.05, 4.69) is 31.3 Å². The molecule has 112 valence electrons. The van der Waals surface area contributed by atoms with Gasteiger partial charge in [0.2, 0.25) is 0 Å². The van der Waals surface area contributed by atoms with Crippen molar-refractivity contribution in [1.29, 1.82) is 0 Å². The average Bonchev–Trinajstić information content (AvgIpc) is 2.50. The molecule has 1 heterocycles. The van der Waals surface area contributed by atoms with Gasteiger partial charge in [0.05, 0.1) is 0 Å². The first-order valence-electron chi connectivity index (χ1n) is 7.95. The molecule has 0 saturated heterocycles. The molecular weight excluding hydrogens is 250 g/mol. The van der Waals surface area contributed by atoms with Crippen LogP contribution in [0.2, 0.25) is 0 Å². The third-order valence-electron chi connectivity index (χ3n) is 3.71. The van der Waals surface area contributed by atoms with Crippen LogP contribution in [0.5, 0.6) is 11.5 Å². The number of rotatable bonds is 8. The Hall–Kier alpha value is -1.22. The van der Waals surface area contributed by atoms with Gasteiger partial charge in [-0.2, -0.15) is 0 Å². The summed E-state index contributed by atoms with van der Waals surface area (Å²) in [6, 6.07) is 6.97. The van der Waals surface area contributed by atoms with E-state index in [1.165, 1.54) is 31.2 Å². The summed E-state index contributed by atoms with van der Waals surface area (Å²) in [4.78, 5) is 0. The van der Waals surface area contributed by atoms with E-state index in [9.17, 15) is 0 Å². The van der Waals surface area contributed by atoms with Gasteiger partial charge < -0.3 is 14.8 Å². The lowest BCUT2D eigenvalue weighted by Crippen LogP contribution is -2.30. The lowest BCUT2D eigenvalue weighted by molar-refractivity contribution is 0.171. The maximum atomic E-state index is 5.64. The summed E-state index contributed by atoms with van der Waals surface area (Å²) in [6.45, 7) is 6.91. The minimum absolute atomic E-state index is 0.633. The Balaban J connectivity index is 1.88. The zero-order valence-electron chi connectivity index (χ0n) is 12.8. The Kier molecular flexibility index (Phi) is 6.19. The summed E-state index contributed by atoms with van der Waals surface area (Å²) in [7, 11) is 0. The molecule has 20 heavy (non-hydrogen) atoms. The van der Waals surface area contributed by atoms with Crippen molar-refractivity contribution in [3.63, 3.8) is 0 Å². The zero-order valence-corrected chi connectivity index (χ0v) is 12.8. The normalized spacial score (nSPS) is 15.1. The van der Waals surface area contributed by atoms with Crippen LogP contribution < -0.4 is 14.8 Å². The lowest BCUT2D eigenvalue weighted by atomic mass is 10.0. The standard InChI is InChI=1S/C17H27NO2/c1-3-5-15(18-10-4-2)8-6-14-7-9-16-17(13-14)20-12-11-19-16/h7,9,13,15,18H,3-6,8,10-12H2,1-2H3. The van der Waals surface area contributed by atoms with Crippen LogP contribution in [0.4, 0.5) is 0 Å². The number of hydrogen-bond donors (Lipinski definition) is 1. The minimum atomic E-state index is 0.633. The first-order valence-corrected chi connectivity index (χ1v) is 7.95. The SMILES string of the molecule is CCCNC(CCC)CCc1ccc2c(c1)OCCO2. The van der Waals surface area contributed by atoms with Crippen molar-refractivity contribution in [1.82, 2.24) is 5.32 Å². The summed E-state index contributed by atoms with van der Waals surface area (Å²) in [6.07, 6.45) is 5.98. The van der Waals surface area contributed by atoms with E-state index in [1.54, 1.807) is 0 Å². The van der Waals surface area contributed by atoms with Gasteiger partial charge in [-0.05, 0) is 49.9 Å². The highest BCUT2D eigenvalue weighted by Gasteiger charge is 2.12. The summed E-state index contributed by atoms with van der Waals surface area (Å²) in [5.41, 5.74) is 1.34. The number of fused-ring (bicyclic) bond motifs is 1. The molecule has 3 nitrogen and oxygen atoms in total. The van der Waals surface area contributed by atoms with Crippen molar-refractivity contribution in [2.45, 2.75) is 52.0 Å². The highest BCUT2D eigenvalue weighted by Crippen LogP contribution is 2.31. The third kappa shape index (κ3) is 4.41. The maximum absolute atomic E-state index is 5.64. The Morgan fingerprint density at radius 2 is 1.85 bits per heavy atom. The fraction of sp³-hybridized carbons (Fsp3) is 0.647. The van der Waals surface area contributed by atoms with Crippen LogP contribution in [0.25, 0.3) is 0 Å². The molecule has 1 aromatic carbocycles. The number of aryl methyl sites for hydroxylation is 1. The molecule has 0 amide bonds. The molecule has 2 rings (SSSR count). The van der Waals surface area contributed by atoms with Crippen LogP contribution in [0.3, 0.4) is 0 Å². The van der Waals surface area contributed by atoms with Crippen LogP contribution in [-0.4, -0.2) is 25.8 Å². The third-order valence-corrected chi connectivity index (χ3v) is 3.71. The average molecular weight is 277 g/mol. The first kappa shape index (κ1) is 15.2. The van der Waals surface area contributed by atoms with Gasteiger partial charge in [0.1, 0.15) is 13.2 Å². The van der Waals surface area contributed by atoms with Crippen molar-refractivity contribution >= 4 is 0 Å². The van der Waals surface area contributed by atoms with Gasteiger partial charge in [-0.1, -0.05) is 26.3 Å². The molecule has 0 fully saturated rings. The van der Waals surface area contributed by atoms with Gasteiger partial charge in [0.25, 0.3) is 0 Å². The van der Waals surface area contributed by atoms with Crippen molar-refractivity contribution in [2.24, 2.45) is 0 Å². The van der Waals surface area contributed by atoms with Gasteiger partial charge in [0, 0.05) is 6.04 Å². The Bertz CT molecular complexity index is 406. The van der Waals surface area contributed by atoms with Crippen LogP contribution in [0.15, 0.2) is 18.2 Å². The molecule has 1 N–H and O–H groups in total. The van der Waals surface area contributed by atoms with Crippen LogP contribution in [0.1, 0.15) is 45.1 Å². The van der Waals surface area contributed by atoms with Crippen molar-refractivity contribution in [3.05, 3.63) is 23.8 Å². The largest absolute Gasteiger partial charge is 0.486 e. The number of ether oxygens (including phenoxy) is 2. The second-order valence-electron chi connectivity index (χ2n) is 5.46. The smallest absolute Gasteiger partial charge is 0.161 e. The zero-order chi connectivity index (χ0) is 14.2. The predicted molar refractivity (Wildman–Crippen MR) is 82.7 cm³/mol. The van der Waals surface area contributed by atoms with Crippen molar-refractivity contribution < 1.29 is 9.47 Å². The highest BCUT2D eigenvalue weighted by atomic mass is 16.6. The highest BCUT2D eigenvalue weighted by molar-refractivity contribution is 5.43. The number of hydrogen-bond acceptors (Lipinski definition) is 3. The molecular formula is C17H27NO2. The molecule has 1 aliphatic heterocycles. The second-order valence-corrected chi connectivity index (χ2v) is 5.46. The van der Waals surface area contributed by atoms with E-state index in [0.717, 1.165) is 24.5 Å². The first-order chi connectivity index (χ1) is 9.83. The van der Waals surface area contributed by atoms with Crippen LogP contribution in [0, 0.1) is 0 Å². The van der Waals surface area contributed by atoms with Crippen LogP contribution >= 0.6 is 0 Å². The molecule has 0 aliphatic carbocycles. The number of nitrogens with one attached hydrogen (secondary N) is 1. The van der Waals surface area contributed by atoms with Crippen molar-refractivity contribution in [2.75, 3.05) is 19.8 Å². The van der Waals surface area contributed by atoms with Crippen molar-refractivity contribution in [3.8, 4) is 11.5 Å². The molecule has 1 aliphatic rings. The topological polar surface area (TPSA) is 30.5 Å². The summed E-state index contributed by atoms with van der Waals surface area (Å²) in [5, 5.41) is 3.65. The second kappa shape index (κ2) is 8.15. The van der Waals surface area contributed by atoms with E-state index in [0.29, 0.717) is 19.3 Å². The van der Waals surface area contributed by atoms with Gasteiger partial charge >= 0.3 is 0 Å². The molecule has 3 heteroatoms. The van der Waals surface area contributed by atoms with Crippen LogP contribution in [-0.2, 0) is 6.42 Å². The van der Waals surface area contributed by atoms with Gasteiger partial charge in [-0.15, -0.1) is 0 Å². The Morgan fingerprint density at radius 1 is 1.05 bits per heavy atom. The monoisotopic (exact) mass is 277 g/mol. The molecule has 1 unspecified atom stereocenters. The van der Waals surface area contributed by atoms with Gasteiger partial charge in [-0.3, -0.25) is 0 Å². The summed E-state index contributed by atoms with van der Waals surface area (Å²) >= 11 is 0.